The summed E-state index contributed by atoms with van der Waals surface area (Å²) in [4.78, 5) is 0. The van der Waals surface area contributed by atoms with Gasteiger partial charge in [0.2, 0.25) is 0 Å². The molecule has 1 aliphatic heterocycles. The minimum atomic E-state index is -0.912. The van der Waals surface area contributed by atoms with Crippen molar-refractivity contribution in [3.63, 3.8) is 0 Å². The van der Waals surface area contributed by atoms with E-state index in [1.54, 1.807) is 0 Å². The lowest BCUT2D eigenvalue weighted by Gasteiger charge is -2.48. The van der Waals surface area contributed by atoms with Crippen molar-refractivity contribution in [3.05, 3.63) is 95.7 Å². The minimum absolute atomic E-state index is 0.0106. The Kier molecular flexibility index (Phi) is 11.6. The number of hydrogen-bond donors (Lipinski definition) is 3. The topological polar surface area (TPSA) is 73.2 Å². The molecule has 0 spiro atoms. The molecule has 44 heavy (non-hydrogen) atoms. The smallest absolute Gasteiger partial charge is 0.121 e. The molecular formula is C40H60O4. The third-order valence-electron chi connectivity index (χ3n) is 10.1. The highest BCUT2D eigenvalue weighted by molar-refractivity contribution is 5.33. The van der Waals surface area contributed by atoms with Crippen LogP contribution in [0.2, 0.25) is 0 Å². The quantitative estimate of drug-likeness (QED) is 0.125. The largest absolute Gasteiger partial charge is 0.393 e. The fraction of sp³-hybridized carbons (Fsp3) is 0.600. The van der Waals surface area contributed by atoms with E-state index in [0.717, 1.165) is 24.0 Å². The number of hydrogen-bond acceptors (Lipinski definition) is 4. The van der Waals surface area contributed by atoms with Gasteiger partial charge in [0, 0.05) is 24.2 Å². The molecule has 3 aliphatic rings. The van der Waals surface area contributed by atoms with Crippen LogP contribution >= 0.6 is 0 Å². The van der Waals surface area contributed by atoms with Crippen molar-refractivity contribution in [2.24, 2.45) is 22.7 Å². The third-order valence-corrected chi connectivity index (χ3v) is 10.1. The Labute approximate surface area is 268 Å². The zero-order valence-electron chi connectivity index (χ0n) is 29.1. The zero-order chi connectivity index (χ0) is 33.0. The van der Waals surface area contributed by atoms with Crippen LogP contribution in [0.3, 0.4) is 0 Å². The second-order valence-electron chi connectivity index (χ2n) is 15.7. The molecule has 0 aromatic heterocycles. The van der Waals surface area contributed by atoms with E-state index in [-0.39, 0.29) is 34.1 Å². The van der Waals surface area contributed by atoms with E-state index < -0.39 is 11.7 Å². The minimum Gasteiger partial charge on any atom is -0.393 e. The highest BCUT2D eigenvalue weighted by atomic mass is 16.6. The predicted octanol–water partition coefficient (Wildman–Crippen LogP) is 8.89. The first kappa shape index (κ1) is 36.2. The molecule has 3 rings (SSSR count). The van der Waals surface area contributed by atoms with Gasteiger partial charge >= 0.3 is 0 Å². The van der Waals surface area contributed by atoms with Gasteiger partial charge in [0.1, 0.15) is 11.2 Å². The Balaban J connectivity index is 1.46. The molecule has 2 saturated carbocycles. The molecule has 0 amide bonds. The predicted molar refractivity (Wildman–Crippen MR) is 185 cm³/mol. The fourth-order valence-electron chi connectivity index (χ4n) is 7.82. The summed E-state index contributed by atoms with van der Waals surface area (Å²) in [7, 11) is 0. The van der Waals surface area contributed by atoms with Crippen molar-refractivity contribution in [3.8, 4) is 0 Å². The molecule has 244 valence electrons. The SMILES string of the molecule is C\C(C=CC1C(C)(C)C[C@H](O)C[C@@]1(C)O)=C/C=C/C(C)=C/C=C/C=C(C)/C=C/CC(C)/C=C/[C@@]12O[C@]1(C)C[C@@H](O)CC2(C)C. The molecule has 2 unspecified atom stereocenters. The highest BCUT2D eigenvalue weighted by Crippen LogP contribution is 2.66. The van der Waals surface area contributed by atoms with E-state index in [0.29, 0.717) is 25.2 Å². The van der Waals surface area contributed by atoms with Crippen LogP contribution in [0.15, 0.2) is 95.7 Å². The first-order chi connectivity index (χ1) is 20.3. The number of aliphatic hydroxyl groups is 3. The van der Waals surface area contributed by atoms with Crippen molar-refractivity contribution in [1.82, 2.24) is 0 Å². The van der Waals surface area contributed by atoms with Gasteiger partial charge in [-0.2, -0.15) is 0 Å². The highest BCUT2D eigenvalue weighted by Gasteiger charge is 2.74. The molecular weight excluding hydrogens is 544 g/mol. The lowest BCUT2D eigenvalue weighted by Crippen LogP contribution is -2.50. The van der Waals surface area contributed by atoms with Gasteiger partial charge in [-0.3, -0.25) is 0 Å². The number of epoxide rings is 1. The Morgan fingerprint density at radius 1 is 0.773 bits per heavy atom. The summed E-state index contributed by atoms with van der Waals surface area (Å²) >= 11 is 0. The van der Waals surface area contributed by atoms with E-state index in [4.69, 9.17) is 4.74 Å². The first-order valence-corrected chi connectivity index (χ1v) is 16.5. The Bertz CT molecular complexity index is 1230. The van der Waals surface area contributed by atoms with Crippen molar-refractivity contribution >= 4 is 0 Å². The fourth-order valence-corrected chi connectivity index (χ4v) is 7.82. The lowest BCUT2D eigenvalue weighted by atomic mass is 9.61. The summed E-state index contributed by atoms with van der Waals surface area (Å²) in [6.07, 6.45) is 30.6. The van der Waals surface area contributed by atoms with E-state index in [2.05, 4.69) is 141 Å². The molecule has 0 radical (unpaired) electrons. The average molecular weight is 605 g/mol. The molecule has 3 N–H and O–H groups in total. The van der Waals surface area contributed by atoms with E-state index >= 15 is 0 Å². The second-order valence-corrected chi connectivity index (χ2v) is 15.7. The van der Waals surface area contributed by atoms with Crippen LogP contribution in [-0.4, -0.2) is 44.3 Å². The van der Waals surface area contributed by atoms with Crippen LogP contribution in [0.1, 0.15) is 101 Å². The van der Waals surface area contributed by atoms with Crippen molar-refractivity contribution in [2.45, 2.75) is 130 Å². The van der Waals surface area contributed by atoms with Gasteiger partial charge in [0.25, 0.3) is 0 Å². The summed E-state index contributed by atoms with van der Waals surface area (Å²) in [5.41, 5.74) is 1.83. The van der Waals surface area contributed by atoms with E-state index in [1.807, 2.05) is 6.92 Å². The van der Waals surface area contributed by atoms with Crippen LogP contribution in [0.4, 0.5) is 0 Å². The summed E-state index contributed by atoms with van der Waals surface area (Å²) in [6, 6.07) is 0. The van der Waals surface area contributed by atoms with E-state index in [9.17, 15) is 15.3 Å². The first-order valence-electron chi connectivity index (χ1n) is 16.5. The molecule has 1 saturated heterocycles. The number of rotatable bonds is 11. The maximum atomic E-state index is 10.9. The Hall–Kier alpha value is -2.24. The molecule has 1 heterocycles. The molecule has 0 aromatic rings. The number of ether oxygens (including phenoxy) is 1. The van der Waals surface area contributed by atoms with Crippen molar-refractivity contribution < 1.29 is 20.1 Å². The molecule has 0 aromatic carbocycles. The van der Waals surface area contributed by atoms with Gasteiger partial charge in [-0.15, -0.1) is 0 Å². The maximum absolute atomic E-state index is 10.9. The second kappa shape index (κ2) is 14.0. The molecule has 7 atom stereocenters. The van der Waals surface area contributed by atoms with Crippen LogP contribution < -0.4 is 0 Å². The van der Waals surface area contributed by atoms with Gasteiger partial charge in [-0.25, -0.2) is 0 Å². The van der Waals surface area contributed by atoms with Crippen LogP contribution in [0, 0.1) is 22.7 Å². The third kappa shape index (κ3) is 8.94. The summed E-state index contributed by atoms with van der Waals surface area (Å²) in [5.74, 6) is 0.400. The lowest BCUT2D eigenvalue weighted by molar-refractivity contribution is -0.111. The number of aliphatic hydroxyl groups excluding tert-OH is 2. The molecule has 3 fully saturated rings. The Morgan fingerprint density at radius 3 is 1.95 bits per heavy atom. The van der Waals surface area contributed by atoms with Crippen LogP contribution in [0.25, 0.3) is 0 Å². The summed E-state index contributed by atoms with van der Waals surface area (Å²) in [6.45, 7) is 21.1. The number of fused-ring (bicyclic) bond motifs is 1. The summed E-state index contributed by atoms with van der Waals surface area (Å²) in [5, 5.41) is 31.3. The molecule has 0 bridgehead atoms. The van der Waals surface area contributed by atoms with Crippen molar-refractivity contribution in [2.75, 3.05) is 0 Å². The van der Waals surface area contributed by atoms with Crippen LogP contribution in [-0.2, 0) is 4.74 Å². The monoisotopic (exact) mass is 604 g/mol. The Morgan fingerprint density at radius 2 is 1.34 bits per heavy atom. The number of allylic oxidation sites excluding steroid dienone is 14. The maximum Gasteiger partial charge on any atom is 0.121 e. The van der Waals surface area contributed by atoms with Gasteiger partial charge in [0.05, 0.1) is 17.8 Å². The molecule has 4 heteroatoms. The van der Waals surface area contributed by atoms with Gasteiger partial charge in [-0.1, -0.05) is 130 Å². The summed E-state index contributed by atoms with van der Waals surface area (Å²) < 4.78 is 6.27. The average Bonchev–Trinajstić information content (AvgIpc) is 3.49. The molecule has 2 aliphatic carbocycles. The van der Waals surface area contributed by atoms with E-state index in [1.165, 1.54) is 5.57 Å². The standard InChI is InChI=1S/C40H60O4/c1-29(17-13-19-31(3)21-22-35-36(5,6)25-33(41)27-38(35,9)43)15-11-12-16-30(2)18-14-20-32(4)23-24-40-37(7,8)26-34(42)28-39(40,10)44-40/h11-19,21-24,32-35,41-43H,20,25-28H2,1-10H3/b12-11+,17-13+,18-14+,22-21?,24-23+,29-15+,30-16+,31-19+/t32?,33-,34-,35?,38+,39+,40-/m0/s1. The van der Waals surface area contributed by atoms with Crippen molar-refractivity contribution in [1.29, 1.82) is 0 Å². The van der Waals surface area contributed by atoms with Gasteiger partial charge in [0.15, 0.2) is 0 Å². The zero-order valence-corrected chi connectivity index (χ0v) is 29.1. The van der Waals surface area contributed by atoms with Crippen LogP contribution in [0.5, 0.6) is 0 Å². The normalized spacial score (nSPS) is 37.1. The van der Waals surface area contributed by atoms with Gasteiger partial charge < -0.3 is 20.1 Å². The van der Waals surface area contributed by atoms with Gasteiger partial charge in [-0.05, 0) is 65.2 Å². The molecule has 4 nitrogen and oxygen atoms in total.